The Morgan fingerprint density at radius 1 is 0.867 bits per heavy atom. The second-order valence-electron chi connectivity index (χ2n) is 7.27. The molecule has 4 aromatic carbocycles. The maximum Gasteiger partial charge on any atom is 0.342 e. The van der Waals surface area contributed by atoms with Gasteiger partial charge in [0, 0.05) is 12.0 Å². The van der Waals surface area contributed by atoms with Crippen molar-refractivity contribution < 1.29 is 9.53 Å². The molecule has 4 aromatic rings. The molecule has 0 bridgehead atoms. The minimum atomic E-state index is -0.319. The fourth-order valence-electron chi connectivity index (χ4n) is 3.70. The molecule has 0 saturated heterocycles. The molecule has 0 fully saturated rings. The molecule has 0 saturated carbocycles. The van der Waals surface area contributed by atoms with Crippen LogP contribution in [0.3, 0.4) is 0 Å². The number of carbonyl (C=O) groups excluding carboxylic acids is 1. The van der Waals surface area contributed by atoms with Crippen molar-refractivity contribution in [2.45, 2.75) is 26.4 Å². The van der Waals surface area contributed by atoms with Crippen molar-refractivity contribution in [1.82, 2.24) is 0 Å². The number of carbonyl (C=O) groups is 1. The number of ether oxygens (including phenoxy) is 1. The SMILES string of the molecule is CCC=C=C(Cc1ccccc1)C(=O)OCc1c2ccccc2cc2ccccc12. The molecule has 0 heterocycles. The van der Waals surface area contributed by atoms with E-state index in [9.17, 15) is 4.79 Å². The summed E-state index contributed by atoms with van der Waals surface area (Å²) in [5, 5.41) is 4.52. The Morgan fingerprint density at radius 3 is 2.10 bits per heavy atom. The van der Waals surface area contributed by atoms with Crippen LogP contribution < -0.4 is 0 Å². The van der Waals surface area contributed by atoms with Gasteiger partial charge in [-0.05, 0) is 45.7 Å². The van der Waals surface area contributed by atoms with Gasteiger partial charge >= 0.3 is 5.97 Å². The molecule has 0 spiro atoms. The van der Waals surface area contributed by atoms with Crippen molar-refractivity contribution >= 4 is 27.5 Å². The van der Waals surface area contributed by atoms with Gasteiger partial charge in [-0.3, -0.25) is 0 Å². The lowest BCUT2D eigenvalue weighted by atomic mass is 9.97. The van der Waals surface area contributed by atoms with E-state index in [1.807, 2.05) is 67.6 Å². The predicted octanol–water partition coefficient (Wildman–Crippen LogP) is 6.77. The quantitative estimate of drug-likeness (QED) is 0.157. The van der Waals surface area contributed by atoms with Crippen molar-refractivity contribution in [3.63, 3.8) is 0 Å². The minimum Gasteiger partial charge on any atom is -0.457 e. The fourth-order valence-corrected chi connectivity index (χ4v) is 3.70. The van der Waals surface area contributed by atoms with Gasteiger partial charge in [0.25, 0.3) is 0 Å². The van der Waals surface area contributed by atoms with E-state index in [4.69, 9.17) is 4.74 Å². The van der Waals surface area contributed by atoms with E-state index in [-0.39, 0.29) is 12.6 Å². The number of fused-ring (bicyclic) bond motifs is 2. The van der Waals surface area contributed by atoms with E-state index in [1.165, 1.54) is 0 Å². The highest BCUT2D eigenvalue weighted by molar-refractivity contribution is 6.02. The van der Waals surface area contributed by atoms with Gasteiger partial charge in [0.2, 0.25) is 0 Å². The fraction of sp³-hybridized carbons (Fsp3) is 0.143. The molecule has 0 aliphatic heterocycles. The molecule has 2 heteroatoms. The number of rotatable bonds is 6. The highest BCUT2D eigenvalue weighted by Gasteiger charge is 2.14. The molecule has 0 amide bonds. The third kappa shape index (κ3) is 4.35. The average Bonchev–Trinajstić information content (AvgIpc) is 2.79. The summed E-state index contributed by atoms with van der Waals surface area (Å²) < 4.78 is 5.82. The Labute approximate surface area is 177 Å². The second kappa shape index (κ2) is 9.26. The maximum absolute atomic E-state index is 13.0. The van der Waals surface area contributed by atoms with Gasteiger partial charge in [-0.25, -0.2) is 4.79 Å². The van der Waals surface area contributed by atoms with Crippen LogP contribution >= 0.6 is 0 Å². The van der Waals surface area contributed by atoms with Gasteiger partial charge in [0.1, 0.15) is 6.61 Å². The summed E-state index contributed by atoms with van der Waals surface area (Å²) in [6.45, 7) is 2.26. The lowest BCUT2D eigenvalue weighted by molar-refractivity contribution is -0.140. The Bertz CT molecular complexity index is 1190. The second-order valence-corrected chi connectivity index (χ2v) is 7.27. The zero-order valence-electron chi connectivity index (χ0n) is 17.1. The predicted molar refractivity (Wildman–Crippen MR) is 123 cm³/mol. The van der Waals surface area contributed by atoms with Crippen LogP contribution in [0.4, 0.5) is 0 Å². The summed E-state index contributed by atoms with van der Waals surface area (Å²) >= 11 is 0. The first-order chi connectivity index (χ1) is 14.8. The third-order valence-corrected chi connectivity index (χ3v) is 5.18. The van der Waals surface area contributed by atoms with Crippen LogP contribution in [0.5, 0.6) is 0 Å². The Balaban J connectivity index is 1.65. The molecule has 0 aliphatic rings. The van der Waals surface area contributed by atoms with Crippen LogP contribution in [0.15, 0.2) is 102 Å². The van der Waals surface area contributed by atoms with E-state index in [0.717, 1.165) is 39.1 Å². The molecule has 0 radical (unpaired) electrons. The van der Waals surface area contributed by atoms with Crippen molar-refractivity contribution in [3.05, 3.63) is 113 Å². The first-order valence-electron chi connectivity index (χ1n) is 10.3. The molecule has 148 valence electrons. The van der Waals surface area contributed by atoms with Crippen LogP contribution in [-0.4, -0.2) is 5.97 Å². The largest absolute Gasteiger partial charge is 0.457 e. The smallest absolute Gasteiger partial charge is 0.342 e. The highest BCUT2D eigenvalue weighted by atomic mass is 16.5. The van der Waals surface area contributed by atoms with Gasteiger partial charge in [0.15, 0.2) is 0 Å². The van der Waals surface area contributed by atoms with Crippen molar-refractivity contribution in [3.8, 4) is 0 Å². The molecule has 0 aromatic heterocycles. The molecule has 0 atom stereocenters. The van der Waals surface area contributed by atoms with Crippen LogP contribution in [0.2, 0.25) is 0 Å². The van der Waals surface area contributed by atoms with E-state index >= 15 is 0 Å². The van der Waals surface area contributed by atoms with Crippen molar-refractivity contribution in [2.24, 2.45) is 0 Å². The Kier molecular flexibility index (Phi) is 6.08. The van der Waals surface area contributed by atoms with E-state index in [1.54, 1.807) is 0 Å². The lowest BCUT2D eigenvalue weighted by Gasteiger charge is -2.13. The number of hydrogen-bond acceptors (Lipinski definition) is 2. The van der Waals surface area contributed by atoms with E-state index in [0.29, 0.717) is 12.0 Å². The Morgan fingerprint density at radius 2 is 1.47 bits per heavy atom. The third-order valence-electron chi connectivity index (χ3n) is 5.18. The number of esters is 1. The first-order valence-corrected chi connectivity index (χ1v) is 10.3. The molecule has 0 N–H and O–H groups in total. The number of benzene rings is 4. The molecule has 2 nitrogen and oxygen atoms in total. The summed E-state index contributed by atoms with van der Waals surface area (Å²) in [6, 6.07) is 28.6. The van der Waals surface area contributed by atoms with Gasteiger partial charge < -0.3 is 4.74 Å². The molecular formula is C28H24O2. The van der Waals surface area contributed by atoms with Crippen LogP contribution in [0, 0.1) is 0 Å². The minimum absolute atomic E-state index is 0.229. The first kappa shape index (κ1) is 19.7. The van der Waals surface area contributed by atoms with E-state index in [2.05, 4.69) is 36.1 Å². The van der Waals surface area contributed by atoms with Gasteiger partial charge in [-0.2, -0.15) is 0 Å². The van der Waals surface area contributed by atoms with Crippen molar-refractivity contribution in [1.29, 1.82) is 0 Å². The number of hydrogen-bond donors (Lipinski definition) is 0. The normalized spacial score (nSPS) is 10.6. The summed E-state index contributed by atoms with van der Waals surface area (Å²) in [7, 11) is 0. The maximum atomic E-state index is 13.0. The topological polar surface area (TPSA) is 26.3 Å². The standard InChI is InChI=1S/C28H24O2/c1-2-3-13-24(18-21-11-5-4-6-12-21)28(29)30-20-27-25-16-9-7-14-22(25)19-23-15-8-10-17-26(23)27/h3-12,14-17,19H,2,18,20H2,1H3. The lowest BCUT2D eigenvalue weighted by Crippen LogP contribution is -2.10. The van der Waals surface area contributed by atoms with Crippen molar-refractivity contribution in [2.75, 3.05) is 0 Å². The highest BCUT2D eigenvalue weighted by Crippen LogP contribution is 2.29. The summed E-state index contributed by atoms with van der Waals surface area (Å²) in [4.78, 5) is 13.0. The zero-order valence-corrected chi connectivity index (χ0v) is 17.1. The molecule has 0 unspecified atom stereocenters. The zero-order chi connectivity index (χ0) is 20.8. The van der Waals surface area contributed by atoms with Crippen LogP contribution in [-0.2, 0) is 22.6 Å². The van der Waals surface area contributed by atoms with Gasteiger partial charge in [0.05, 0.1) is 5.57 Å². The molecule has 30 heavy (non-hydrogen) atoms. The molecule has 4 rings (SSSR count). The van der Waals surface area contributed by atoms with Crippen LogP contribution in [0.1, 0.15) is 24.5 Å². The Hall–Kier alpha value is -3.61. The summed E-state index contributed by atoms with van der Waals surface area (Å²) in [5.41, 5.74) is 5.80. The van der Waals surface area contributed by atoms with Gasteiger partial charge in [-0.15, -0.1) is 5.73 Å². The summed E-state index contributed by atoms with van der Waals surface area (Å²) in [5.74, 6) is -0.319. The molecular weight excluding hydrogens is 368 g/mol. The van der Waals surface area contributed by atoms with E-state index < -0.39 is 0 Å². The van der Waals surface area contributed by atoms with Crippen LogP contribution in [0.25, 0.3) is 21.5 Å². The monoisotopic (exact) mass is 392 g/mol. The van der Waals surface area contributed by atoms with Gasteiger partial charge in [-0.1, -0.05) is 85.8 Å². The average molecular weight is 392 g/mol. The summed E-state index contributed by atoms with van der Waals surface area (Å²) in [6.07, 6.45) is 3.21. The molecule has 0 aliphatic carbocycles.